The summed E-state index contributed by atoms with van der Waals surface area (Å²) in [6.07, 6.45) is 3.98. The summed E-state index contributed by atoms with van der Waals surface area (Å²) in [6.45, 7) is -0.338. The number of ether oxygens (including phenoxy) is 1. The molecule has 0 fully saturated rings. The summed E-state index contributed by atoms with van der Waals surface area (Å²) in [5, 5.41) is 11.9. The zero-order valence-corrected chi connectivity index (χ0v) is 14.6. The molecule has 0 aliphatic carbocycles. The molecule has 4 rings (SSSR count). The summed E-state index contributed by atoms with van der Waals surface area (Å²) in [4.78, 5) is 15.3. The number of aliphatic carboxylic acids is 1. The zero-order chi connectivity index (χ0) is 17.9. The Morgan fingerprint density at radius 2 is 1.85 bits per heavy atom. The number of aromatic nitrogens is 1. The van der Waals surface area contributed by atoms with Gasteiger partial charge in [0, 0.05) is 5.39 Å². The van der Waals surface area contributed by atoms with Crippen molar-refractivity contribution in [2.75, 3.05) is 6.61 Å². The van der Waals surface area contributed by atoms with Crippen LogP contribution in [0.15, 0.2) is 60.7 Å². The molecule has 1 aromatic heterocycles. The molecule has 0 saturated carbocycles. The molecular formula is C21H15NO3S. The van der Waals surface area contributed by atoms with Gasteiger partial charge in [-0.1, -0.05) is 48.5 Å². The van der Waals surface area contributed by atoms with Crippen molar-refractivity contribution in [2.45, 2.75) is 0 Å². The van der Waals surface area contributed by atoms with Crippen LogP contribution in [0.3, 0.4) is 0 Å². The molecule has 26 heavy (non-hydrogen) atoms. The van der Waals surface area contributed by atoms with Crippen LogP contribution in [0, 0.1) is 0 Å². The van der Waals surface area contributed by atoms with Gasteiger partial charge >= 0.3 is 5.97 Å². The topological polar surface area (TPSA) is 59.4 Å². The average molecular weight is 361 g/mol. The molecular weight excluding hydrogens is 346 g/mol. The molecule has 4 nitrogen and oxygen atoms in total. The smallest absolute Gasteiger partial charge is 0.341 e. The highest BCUT2D eigenvalue weighted by atomic mass is 32.1. The van der Waals surface area contributed by atoms with Crippen LogP contribution in [0.25, 0.3) is 33.1 Å². The van der Waals surface area contributed by atoms with E-state index in [-0.39, 0.29) is 6.61 Å². The Kier molecular flexibility index (Phi) is 4.37. The molecule has 0 aliphatic heterocycles. The second-order valence-electron chi connectivity index (χ2n) is 5.77. The van der Waals surface area contributed by atoms with E-state index >= 15 is 0 Å². The minimum Gasteiger partial charge on any atom is -0.482 e. The normalized spacial score (nSPS) is 11.4. The van der Waals surface area contributed by atoms with Crippen molar-refractivity contribution in [1.29, 1.82) is 0 Å². The van der Waals surface area contributed by atoms with Crippen molar-refractivity contribution in [1.82, 2.24) is 4.98 Å². The lowest BCUT2D eigenvalue weighted by atomic mass is 10.1. The van der Waals surface area contributed by atoms with Gasteiger partial charge in [-0.2, -0.15) is 0 Å². The van der Waals surface area contributed by atoms with Gasteiger partial charge in [-0.3, -0.25) is 0 Å². The number of carboxylic acid groups (broad SMARTS) is 1. The summed E-state index contributed by atoms with van der Waals surface area (Å²) in [5.74, 6) is -0.451. The second-order valence-corrected chi connectivity index (χ2v) is 6.83. The molecule has 3 aromatic carbocycles. The average Bonchev–Trinajstić information content (AvgIpc) is 3.09. The van der Waals surface area contributed by atoms with Gasteiger partial charge in [-0.25, -0.2) is 9.78 Å². The van der Waals surface area contributed by atoms with E-state index in [1.165, 1.54) is 15.5 Å². The van der Waals surface area contributed by atoms with Gasteiger partial charge in [0.05, 0.1) is 10.2 Å². The van der Waals surface area contributed by atoms with E-state index in [9.17, 15) is 4.79 Å². The highest BCUT2D eigenvalue weighted by Crippen LogP contribution is 2.30. The third-order valence-electron chi connectivity index (χ3n) is 3.96. The largest absolute Gasteiger partial charge is 0.482 e. The first-order valence-electron chi connectivity index (χ1n) is 8.10. The number of carbonyl (C=O) groups is 1. The van der Waals surface area contributed by atoms with E-state index in [0.717, 1.165) is 16.1 Å². The monoisotopic (exact) mass is 361 g/mol. The molecule has 0 saturated heterocycles. The lowest BCUT2D eigenvalue weighted by Gasteiger charge is -2.02. The fourth-order valence-electron chi connectivity index (χ4n) is 2.74. The first-order chi connectivity index (χ1) is 12.7. The second kappa shape index (κ2) is 6.98. The van der Waals surface area contributed by atoms with Gasteiger partial charge in [0.25, 0.3) is 0 Å². The quantitative estimate of drug-likeness (QED) is 0.538. The van der Waals surface area contributed by atoms with E-state index in [2.05, 4.69) is 24.3 Å². The minimum absolute atomic E-state index is 0.338. The highest BCUT2D eigenvalue weighted by Gasteiger charge is 2.05. The standard InChI is InChI=1S/C21H15NO3S/c23-20(24)13-25-16-9-5-14(6-10-16)7-12-19-22-21-17-4-2-1-3-15(17)8-11-18(21)26-19/h1-12H,13H2,(H,23,24)/b12-7-. The van der Waals surface area contributed by atoms with Crippen molar-refractivity contribution in [3.63, 3.8) is 0 Å². The lowest BCUT2D eigenvalue weighted by Crippen LogP contribution is -2.09. The van der Waals surface area contributed by atoms with Gasteiger partial charge in [0.2, 0.25) is 0 Å². The Morgan fingerprint density at radius 3 is 2.65 bits per heavy atom. The summed E-state index contributed by atoms with van der Waals surface area (Å²) < 4.78 is 6.30. The molecule has 5 heteroatoms. The summed E-state index contributed by atoms with van der Waals surface area (Å²) in [7, 11) is 0. The fraction of sp³-hybridized carbons (Fsp3) is 0.0476. The first kappa shape index (κ1) is 16.3. The zero-order valence-electron chi connectivity index (χ0n) is 13.8. The number of carboxylic acids is 1. The molecule has 4 aromatic rings. The molecule has 0 radical (unpaired) electrons. The van der Waals surface area contributed by atoms with Crippen molar-refractivity contribution < 1.29 is 14.6 Å². The van der Waals surface area contributed by atoms with E-state index in [1.54, 1.807) is 23.5 Å². The van der Waals surface area contributed by atoms with Crippen molar-refractivity contribution in [3.05, 3.63) is 71.2 Å². The van der Waals surface area contributed by atoms with Gasteiger partial charge in [0.15, 0.2) is 6.61 Å². The third-order valence-corrected chi connectivity index (χ3v) is 4.95. The Hall–Kier alpha value is -3.18. The molecule has 1 heterocycles. The predicted octanol–water partition coefficient (Wildman–Crippen LogP) is 5.08. The Labute approximate surface area is 154 Å². The Balaban J connectivity index is 1.56. The van der Waals surface area contributed by atoms with Crippen LogP contribution in [0.4, 0.5) is 0 Å². The maximum atomic E-state index is 10.5. The number of benzene rings is 3. The summed E-state index contributed by atoms with van der Waals surface area (Å²) in [6, 6.07) is 19.8. The fourth-order valence-corrected chi connectivity index (χ4v) is 3.62. The van der Waals surface area contributed by atoms with Gasteiger partial charge in [-0.05, 0) is 35.2 Å². The van der Waals surface area contributed by atoms with Crippen LogP contribution in [0.5, 0.6) is 5.75 Å². The van der Waals surface area contributed by atoms with Crippen LogP contribution in [-0.4, -0.2) is 22.7 Å². The summed E-state index contributed by atoms with van der Waals surface area (Å²) in [5.41, 5.74) is 2.03. The maximum Gasteiger partial charge on any atom is 0.341 e. The van der Waals surface area contributed by atoms with Gasteiger partial charge < -0.3 is 9.84 Å². The number of rotatable bonds is 5. The summed E-state index contributed by atoms with van der Waals surface area (Å²) >= 11 is 1.66. The number of hydrogen-bond donors (Lipinski definition) is 1. The lowest BCUT2D eigenvalue weighted by molar-refractivity contribution is -0.139. The van der Waals surface area contributed by atoms with E-state index in [0.29, 0.717) is 5.75 Å². The molecule has 0 unspecified atom stereocenters. The minimum atomic E-state index is -0.989. The molecule has 128 valence electrons. The van der Waals surface area contributed by atoms with Crippen LogP contribution in [0.2, 0.25) is 0 Å². The van der Waals surface area contributed by atoms with Crippen LogP contribution in [0.1, 0.15) is 10.6 Å². The van der Waals surface area contributed by atoms with Crippen LogP contribution in [-0.2, 0) is 4.79 Å². The maximum absolute atomic E-state index is 10.5. The van der Waals surface area contributed by atoms with Crippen LogP contribution >= 0.6 is 11.3 Å². The van der Waals surface area contributed by atoms with E-state index < -0.39 is 5.97 Å². The third kappa shape index (κ3) is 3.43. The molecule has 1 N–H and O–H groups in total. The molecule has 0 atom stereocenters. The van der Waals surface area contributed by atoms with Crippen molar-refractivity contribution in [2.24, 2.45) is 0 Å². The molecule has 0 aliphatic rings. The number of nitrogens with zero attached hydrogens (tertiary/aromatic N) is 1. The number of thiazole rings is 1. The molecule has 0 amide bonds. The van der Waals surface area contributed by atoms with Gasteiger partial charge in [-0.15, -0.1) is 11.3 Å². The predicted molar refractivity (Wildman–Crippen MR) is 106 cm³/mol. The van der Waals surface area contributed by atoms with Crippen molar-refractivity contribution >= 4 is 50.4 Å². The van der Waals surface area contributed by atoms with E-state index in [1.807, 2.05) is 36.4 Å². The first-order valence-corrected chi connectivity index (χ1v) is 8.92. The molecule has 0 bridgehead atoms. The SMILES string of the molecule is O=C(O)COc1ccc(/C=C\c2nc3c(ccc4ccccc43)s2)cc1. The number of hydrogen-bond acceptors (Lipinski definition) is 4. The number of fused-ring (bicyclic) bond motifs is 3. The van der Waals surface area contributed by atoms with E-state index in [4.69, 9.17) is 14.8 Å². The Bertz CT molecular complexity index is 1110. The van der Waals surface area contributed by atoms with Crippen LogP contribution < -0.4 is 4.74 Å². The Morgan fingerprint density at radius 1 is 1.04 bits per heavy atom. The van der Waals surface area contributed by atoms with Gasteiger partial charge in [0.1, 0.15) is 10.8 Å². The highest BCUT2D eigenvalue weighted by molar-refractivity contribution is 7.19. The van der Waals surface area contributed by atoms with Crippen molar-refractivity contribution in [3.8, 4) is 5.75 Å². The molecule has 0 spiro atoms.